The molecule has 0 aliphatic heterocycles. The van der Waals surface area contributed by atoms with Crippen LogP contribution in [0.25, 0.3) is 0 Å². The second-order valence-electron chi connectivity index (χ2n) is 3.74. The highest BCUT2D eigenvalue weighted by atomic mass is 16.6. The van der Waals surface area contributed by atoms with E-state index in [0.29, 0.717) is 23.7 Å². The first-order valence-electron chi connectivity index (χ1n) is 5.41. The number of hydrogen-bond donors (Lipinski definition) is 2. The number of rotatable bonds is 4. The van der Waals surface area contributed by atoms with Crippen molar-refractivity contribution in [3.8, 4) is 5.75 Å². The van der Waals surface area contributed by atoms with Gasteiger partial charge in [0.1, 0.15) is 5.75 Å². The van der Waals surface area contributed by atoms with Gasteiger partial charge >= 0.3 is 5.97 Å². The second kappa shape index (κ2) is 5.43. The minimum Gasteiger partial charge on any atom is -0.481 e. The minimum atomic E-state index is -0.401. The predicted octanol–water partition coefficient (Wildman–Crippen LogP) is 1.41. The fraction of sp³-hybridized carbons (Fsp3) is 0.417. The monoisotopic (exact) mass is 238 g/mol. The molecule has 5 nitrogen and oxygen atoms in total. The van der Waals surface area contributed by atoms with Gasteiger partial charge in [-0.3, -0.25) is 0 Å². The molecule has 1 rings (SSSR count). The molecule has 0 heterocycles. The summed E-state index contributed by atoms with van der Waals surface area (Å²) in [4.78, 5) is 11.2. The fourth-order valence-electron chi connectivity index (χ4n) is 1.57. The first-order valence-corrected chi connectivity index (χ1v) is 5.41. The molecule has 0 radical (unpaired) electrons. The SMILES string of the molecule is CCOC(=O)COc1c(C)cc(N)c(N)c1C. The van der Waals surface area contributed by atoms with E-state index in [0.717, 1.165) is 11.1 Å². The molecule has 1 aromatic rings. The smallest absolute Gasteiger partial charge is 0.344 e. The Bertz CT molecular complexity index is 430. The lowest BCUT2D eigenvalue weighted by atomic mass is 10.1. The molecule has 5 heteroatoms. The summed E-state index contributed by atoms with van der Waals surface area (Å²) in [6, 6.07) is 1.73. The molecule has 0 saturated heterocycles. The molecule has 0 saturated carbocycles. The number of carbonyl (C=O) groups is 1. The summed E-state index contributed by atoms with van der Waals surface area (Å²) < 4.78 is 10.2. The average molecular weight is 238 g/mol. The van der Waals surface area contributed by atoms with Crippen molar-refractivity contribution in [2.45, 2.75) is 20.8 Å². The summed E-state index contributed by atoms with van der Waals surface area (Å²) in [5.41, 5.74) is 14.1. The van der Waals surface area contributed by atoms with Crippen molar-refractivity contribution in [2.75, 3.05) is 24.7 Å². The van der Waals surface area contributed by atoms with Crippen molar-refractivity contribution in [2.24, 2.45) is 0 Å². The zero-order chi connectivity index (χ0) is 13.0. The molecule has 17 heavy (non-hydrogen) atoms. The van der Waals surface area contributed by atoms with E-state index in [2.05, 4.69) is 0 Å². The Labute approximate surface area is 101 Å². The van der Waals surface area contributed by atoms with E-state index in [9.17, 15) is 4.79 Å². The van der Waals surface area contributed by atoms with Crippen LogP contribution in [0.4, 0.5) is 11.4 Å². The Morgan fingerprint density at radius 2 is 2.00 bits per heavy atom. The van der Waals surface area contributed by atoms with Gasteiger partial charge in [-0.25, -0.2) is 4.79 Å². The maximum Gasteiger partial charge on any atom is 0.344 e. The van der Waals surface area contributed by atoms with Gasteiger partial charge in [0.25, 0.3) is 0 Å². The summed E-state index contributed by atoms with van der Waals surface area (Å²) in [5.74, 6) is 0.187. The highest BCUT2D eigenvalue weighted by Gasteiger charge is 2.12. The Morgan fingerprint density at radius 3 is 2.59 bits per heavy atom. The maximum absolute atomic E-state index is 11.2. The van der Waals surface area contributed by atoms with Gasteiger partial charge in [0.15, 0.2) is 6.61 Å². The van der Waals surface area contributed by atoms with Crippen LogP contribution in [0.3, 0.4) is 0 Å². The molecule has 0 atom stereocenters. The molecule has 0 aliphatic carbocycles. The van der Waals surface area contributed by atoms with Crippen molar-refractivity contribution in [3.05, 3.63) is 17.2 Å². The van der Waals surface area contributed by atoms with Gasteiger partial charge in [-0.05, 0) is 32.4 Å². The van der Waals surface area contributed by atoms with Crippen LogP contribution < -0.4 is 16.2 Å². The number of ether oxygens (including phenoxy) is 2. The van der Waals surface area contributed by atoms with E-state index in [1.807, 2.05) is 6.92 Å². The highest BCUT2D eigenvalue weighted by molar-refractivity contribution is 5.74. The van der Waals surface area contributed by atoms with Crippen molar-refractivity contribution in [1.82, 2.24) is 0 Å². The third-order valence-electron chi connectivity index (χ3n) is 2.43. The number of benzene rings is 1. The van der Waals surface area contributed by atoms with Crippen molar-refractivity contribution < 1.29 is 14.3 Å². The number of hydrogen-bond acceptors (Lipinski definition) is 5. The van der Waals surface area contributed by atoms with Gasteiger partial charge in [-0.1, -0.05) is 0 Å². The van der Waals surface area contributed by atoms with E-state index < -0.39 is 5.97 Å². The topological polar surface area (TPSA) is 87.6 Å². The molecule has 94 valence electrons. The van der Waals surface area contributed by atoms with Crippen LogP contribution >= 0.6 is 0 Å². The number of nitrogen functional groups attached to an aromatic ring is 2. The fourth-order valence-corrected chi connectivity index (χ4v) is 1.57. The van der Waals surface area contributed by atoms with Crippen LogP contribution in [-0.4, -0.2) is 19.2 Å². The van der Waals surface area contributed by atoms with E-state index in [1.54, 1.807) is 19.9 Å². The summed E-state index contributed by atoms with van der Waals surface area (Å²) in [7, 11) is 0. The van der Waals surface area contributed by atoms with Gasteiger partial charge in [-0.15, -0.1) is 0 Å². The molecule has 4 N–H and O–H groups in total. The zero-order valence-electron chi connectivity index (χ0n) is 10.4. The first-order chi connectivity index (χ1) is 7.97. The number of esters is 1. The van der Waals surface area contributed by atoms with Crippen LogP contribution in [0.15, 0.2) is 6.07 Å². The van der Waals surface area contributed by atoms with E-state index in [4.69, 9.17) is 20.9 Å². The number of aryl methyl sites for hydroxylation is 1. The number of nitrogens with two attached hydrogens (primary N) is 2. The Morgan fingerprint density at radius 1 is 1.35 bits per heavy atom. The van der Waals surface area contributed by atoms with Gasteiger partial charge in [0.05, 0.1) is 18.0 Å². The molecule has 1 aromatic carbocycles. The highest BCUT2D eigenvalue weighted by Crippen LogP contribution is 2.32. The molecule has 0 amide bonds. The molecule has 0 fully saturated rings. The standard InChI is InChI=1S/C12H18N2O3/c1-4-16-10(15)6-17-12-7(2)5-9(13)11(14)8(12)3/h5H,4,6,13-14H2,1-3H3. The van der Waals surface area contributed by atoms with Crippen molar-refractivity contribution >= 4 is 17.3 Å². The summed E-state index contributed by atoms with van der Waals surface area (Å²) >= 11 is 0. The lowest BCUT2D eigenvalue weighted by molar-refractivity contribution is -0.145. The van der Waals surface area contributed by atoms with Crippen LogP contribution in [0.1, 0.15) is 18.1 Å². The summed E-state index contributed by atoms with van der Waals surface area (Å²) in [6.07, 6.45) is 0. The Kier molecular flexibility index (Phi) is 4.20. The molecule has 0 bridgehead atoms. The molecule has 0 aliphatic rings. The van der Waals surface area contributed by atoms with Gasteiger partial charge in [0.2, 0.25) is 0 Å². The van der Waals surface area contributed by atoms with Gasteiger partial charge in [0, 0.05) is 5.56 Å². The predicted molar refractivity (Wildman–Crippen MR) is 66.9 cm³/mol. The summed E-state index contributed by atoms with van der Waals surface area (Å²) in [5, 5.41) is 0. The van der Waals surface area contributed by atoms with E-state index >= 15 is 0 Å². The zero-order valence-corrected chi connectivity index (χ0v) is 10.4. The molecule has 0 unspecified atom stereocenters. The third kappa shape index (κ3) is 3.03. The molecular weight excluding hydrogens is 220 g/mol. The van der Waals surface area contributed by atoms with Gasteiger partial charge < -0.3 is 20.9 Å². The van der Waals surface area contributed by atoms with Crippen molar-refractivity contribution in [1.29, 1.82) is 0 Å². The maximum atomic E-state index is 11.2. The largest absolute Gasteiger partial charge is 0.481 e. The second-order valence-corrected chi connectivity index (χ2v) is 3.74. The normalized spacial score (nSPS) is 10.1. The number of carbonyl (C=O) groups excluding carboxylic acids is 1. The first kappa shape index (κ1) is 13.2. The lowest BCUT2D eigenvalue weighted by Gasteiger charge is -2.14. The van der Waals surface area contributed by atoms with Crippen LogP contribution in [0.5, 0.6) is 5.75 Å². The van der Waals surface area contributed by atoms with Gasteiger partial charge in [-0.2, -0.15) is 0 Å². The summed E-state index contributed by atoms with van der Waals surface area (Å²) in [6.45, 7) is 5.61. The van der Waals surface area contributed by atoms with E-state index in [-0.39, 0.29) is 6.61 Å². The third-order valence-corrected chi connectivity index (χ3v) is 2.43. The molecular formula is C12H18N2O3. The molecule has 0 spiro atoms. The Hall–Kier alpha value is -1.91. The van der Waals surface area contributed by atoms with Crippen LogP contribution in [-0.2, 0) is 9.53 Å². The van der Waals surface area contributed by atoms with Crippen molar-refractivity contribution in [3.63, 3.8) is 0 Å². The molecule has 0 aromatic heterocycles. The Balaban J connectivity index is 2.85. The van der Waals surface area contributed by atoms with Crippen LogP contribution in [0, 0.1) is 13.8 Å². The van der Waals surface area contributed by atoms with E-state index in [1.165, 1.54) is 0 Å². The quantitative estimate of drug-likeness (QED) is 0.611. The lowest BCUT2D eigenvalue weighted by Crippen LogP contribution is -2.16. The number of anilines is 2. The average Bonchev–Trinajstić information content (AvgIpc) is 2.26. The minimum absolute atomic E-state index is 0.126. The van der Waals surface area contributed by atoms with Crippen LogP contribution in [0.2, 0.25) is 0 Å².